The summed E-state index contributed by atoms with van der Waals surface area (Å²) in [6, 6.07) is 6.81. The van der Waals surface area contributed by atoms with Crippen molar-refractivity contribution in [2.45, 2.75) is 24.7 Å². The Morgan fingerprint density at radius 3 is 2.15 bits per heavy atom. The summed E-state index contributed by atoms with van der Waals surface area (Å²) in [6.45, 7) is 3.61. The highest BCUT2D eigenvalue weighted by molar-refractivity contribution is 7.89. The van der Waals surface area contributed by atoms with Crippen LogP contribution in [0.4, 0.5) is 5.69 Å². The van der Waals surface area contributed by atoms with E-state index in [0.717, 1.165) is 25.1 Å². The third-order valence-electron chi connectivity index (χ3n) is 3.13. The summed E-state index contributed by atoms with van der Waals surface area (Å²) in [5, 5.41) is 9.11. The molecule has 1 aromatic carbocycles. The maximum absolute atomic E-state index is 12.0. The van der Waals surface area contributed by atoms with E-state index < -0.39 is 10.0 Å². The lowest BCUT2D eigenvalue weighted by molar-refractivity contribution is 0.301. The summed E-state index contributed by atoms with van der Waals surface area (Å²) in [4.78, 5) is 2.35. The van der Waals surface area contributed by atoms with Crippen molar-refractivity contribution in [2.24, 2.45) is 0 Å². The van der Waals surface area contributed by atoms with Crippen LogP contribution in [0.3, 0.4) is 0 Å². The summed E-state index contributed by atoms with van der Waals surface area (Å²) >= 11 is 0. The van der Waals surface area contributed by atoms with Gasteiger partial charge >= 0.3 is 0 Å². The number of anilines is 1. The average Bonchev–Trinajstić information content (AvgIpc) is 2.43. The maximum atomic E-state index is 12.0. The van der Waals surface area contributed by atoms with Crippen molar-refractivity contribution in [1.29, 1.82) is 0 Å². The highest BCUT2D eigenvalue weighted by atomic mass is 32.2. The summed E-state index contributed by atoms with van der Waals surface area (Å²) in [5.41, 5.74) is 0.935. The summed E-state index contributed by atoms with van der Waals surface area (Å²) in [6.07, 6.45) is 2.12. The molecule has 0 aromatic heterocycles. The Morgan fingerprint density at radius 2 is 1.70 bits per heavy atom. The second kappa shape index (κ2) is 7.61. The van der Waals surface area contributed by atoms with Crippen LogP contribution in [0.5, 0.6) is 0 Å². The highest BCUT2D eigenvalue weighted by Gasteiger charge is 2.17. The number of aliphatic hydroxyl groups is 1. The fourth-order valence-electron chi connectivity index (χ4n) is 1.88. The zero-order chi connectivity index (χ0) is 15.2. The van der Waals surface area contributed by atoms with Crippen molar-refractivity contribution in [3.63, 3.8) is 0 Å². The predicted octanol–water partition coefficient (Wildman–Crippen LogP) is 1.54. The van der Waals surface area contributed by atoms with Gasteiger partial charge in [0.05, 0.1) is 11.5 Å². The smallest absolute Gasteiger partial charge is 0.242 e. The van der Waals surface area contributed by atoms with Crippen molar-refractivity contribution in [3.8, 4) is 0 Å². The van der Waals surface area contributed by atoms with E-state index >= 15 is 0 Å². The van der Waals surface area contributed by atoms with Crippen molar-refractivity contribution in [1.82, 2.24) is 4.31 Å². The molecule has 5 nitrogen and oxygen atoms in total. The fourth-order valence-corrected chi connectivity index (χ4v) is 2.78. The number of sulfonamides is 1. The number of benzene rings is 1. The van der Waals surface area contributed by atoms with E-state index in [1.165, 1.54) is 18.4 Å². The van der Waals surface area contributed by atoms with Crippen LogP contribution in [0.25, 0.3) is 0 Å². The van der Waals surface area contributed by atoms with Crippen LogP contribution in [-0.4, -0.2) is 51.6 Å². The summed E-state index contributed by atoms with van der Waals surface area (Å²) < 4.78 is 25.2. The minimum absolute atomic E-state index is 0.0848. The molecule has 1 aromatic rings. The molecule has 0 aliphatic heterocycles. The van der Waals surface area contributed by atoms with E-state index in [9.17, 15) is 8.42 Å². The molecule has 0 bridgehead atoms. The van der Waals surface area contributed by atoms with Gasteiger partial charge in [-0.15, -0.1) is 0 Å². The van der Waals surface area contributed by atoms with Crippen molar-refractivity contribution in [3.05, 3.63) is 24.3 Å². The Labute approximate surface area is 121 Å². The first kappa shape index (κ1) is 16.9. The standard InChI is InChI=1S/C14H24N2O3S/c1-4-5-10-16(11-12-17)13-6-8-14(9-7-13)20(18,19)15(2)3/h6-9,17H,4-5,10-12H2,1-3H3. The quantitative estimate of drug-likeness (QED) is 0.791. The van der Waals surface area contributed by atoms with E-state index in [-0.39, 0.29) is 11.5 Å². The van der Waals surface area contributed by atoms with Crippen molar-refractivity contribution < 1.29 is 13.5 Å². The number of aliphatic hydroxyl groups excluding tert-OH is 1. The molecule has 20 heavy (non-hydrogen) atoms. The molecule has 1 N–H and O–H groups in total. The Balaban J connectivity index is 2.93. The molecular weight excluding hydrogens is 276 g/mol. The minimum Gasteiger partial charge on any atom is -0.395 e. The second-order valence-corrected chi connectivity index (χ2v) is 7.00. The highest BCUT2D eigenvalue weighted by Crippen LogP contribution is 2.20. The SMILES string of the molecule is CCCCN(CCO)c1ccc(S(=O)(=O)N(C)C)cc1. The second-order valence-electron chi connectivity index (χ2n) is 4.85. The van der Waals surface area contributed by atoms with Crippen LogP contribution in [0, 0.1) is 0 Å². The topological polar surface area (TPSA) is 60.9 Å². The first-order valence-corrected chi connectivity index (χ1v) is 8.26. The molecule has 1 rings (SSSR count). The zero-order valence-corrected chi connectivity index (χ0v) is 13.2. The van der Waals surface area contributed by atoms with Crippen molar-refractivity contribution in [2.75, 3.05) is 38.7 Å². The van der Waals surface area contributed by atoms with Gasteiger partial charge in [-0.2, -0.15) is 0 Å². The lowest BCUT2D eigenvalue weighted by atomic mass is 10.2. The first-order chi connectivity index (χ1) is 9.43. The normalized spacial score (nSPS) is 11.8. The van der Waals surface area contributed by atoms with E-state index in [1.807, 2.05) is 0 Å². The van der Waals surface area contributed by atoms with Crippen LogP contribution >= 0.6 is 0 Å². The van der Waals surface area contributed by atoms with Gasteiger partial charge in [-0.05, 0) is 30.7 Å². The molecule has 0 spiro atoms. The summed E-state index contributed by atoms with van der Waals surface area (Å²) in [5.74, 6) is 0. The minimum atomic E-state index is -3.38. The monoisotopic (exact) mass is 300 g/mol. The molecule has 6 heteroatoms. The Hall–Kier alpha value is -1.11. The average molecular weight is 300 g/mol. The lowest BCUT2D eigenvalue weighted by Gasteiger charge is -2.24. The molecule has 0 unspecified atom stereocenters. The number of rotatable bonds is 8. The number of unbranched alkanes of at least 4 members (excludes halogenated alkanes) is 1. The zero-order valence-electron chi connectivity index (χ0n) is 12.4. The molecule has 0 saturated carbocycles. The Kier molecular flexibility index (Phi) is 6.45. The predicted molar refractivity (Wildman–Crippen MR) is 81.5 cm³/mol. The number of hydrogen-bond donors (Lipinski definition) is 1. The maximum Gasteiger partial charge on any atom is 0.242 e. The number of hydrogen-bond acceptors (Lipinski definition) is 4. The van der Waals surface area contributed by atoms with Crippen LogP contribution in [-0.2, 0) is 10.0 Å². The molecule has 114 valence electrons. The molecule has 0 radical (unpaired) electrons. The van der Waals surface area contributed by atoms with E-state index in [4.69, 9.17) is 5.11 Å². The van der Waals surface area contributed by atoms with Gasteiger partial charge in [0.25, 0.3) is 0 Å². The van der Waals surface area contributed by atoms with Gasteiger partial charge in [-0.25, -0.2) is 12.7 Å². The van der Waals surface area contributed by atoms with E-state index in [2.05, 4.69) is 11.8 Å². The largest absolute Gasteiger partial charge is 0.395 e. The molecule has 0 atom stereocenters. The van der Waals surface area contributed by atoms with E-state index in [1.54, 1.807) is 24.3 Å². The summed E-state index contributed by atoms with van der Waals surface area (Å²) in [7, 11) is -0.350. The van der Waals surface area contributed by atoms with Crippen molar-refractivity contribution >= 4 is 15.7 Å². The van der Waals surface area contributed by atoms with Gasteiger partial charge in [0.15, 0.2) is 0 Å². The number of nitrogens with zero attached hydrogens (tertiary/aromatic N) is 2. The lowest BCUT2D eigenvalue weighted by Crippen LogP contribution is -2.28. The molecular formula is C14H24N2O3S. The van der Waals surface area contributed by atoms with Crippen LogP contribution < -0.4 is 4.90 Å². The molecule has 0 fully saturated rings. The molecule has 0 aliphatic carbocycles. The van der Waals surface area contributed by atoms with Gasteiger partial charge in [0.2, 0.25) is 10.0 Å². The first-order valence-electron chi connectivity index (χ1n) is 6.82. The van der Waals surface area contributed by atoms with Gasteiger partial charge in [-0.3, -0.25) is 0 Å². The Morgan fingerprint density at radius 1 is 1.10 bits per heavy atom. The third-order valence-corrected chi connectivity index (χ3v) is 4.96. The van der Waals surface area contributed by atoms with Gasteiger partial charge in [0.1, 0.15) is 0 Å². The van der Waals surface area contributed by atoms with Gasteiger partial charge in [0, 0.05) is 32.9 Å². The molecule has 0 saturated heterocycles. The van der Waals surface area contributed by atoms with Crippen LogP contribution in [0.15, 0.2) is 29.2 Å². The molecule has 0 aliphatic rings. The van der Waals surface area contributed by atoms with Gasteiger partial charge < -0.3 is 10.0 Å². The van der Waals surface area contributed by atoms with E-state index in [0.29, 0.717) is 6.54 Å². The molecule has 0 amide bonds. The Bertz CT molecular complexity index is 498. The van der Waals surface area contributed by atoms with Crippen LogP contribution in [0.2, 0.25) is 0 Å². The molecule has 0 heterocycles. The van der Waals surface area contributed by atoms with Crippen LogP contribution in [0.1, 0.15) is 19.8 Å². The fraction of sp³-hybridized carbons (Fsp3) is 0.571. The van der Waals surface area contributed by atoms with Gasteiger partial charge in [-0.1, -0.05) is 13.3 Å². The third kappa shape index (κ3) is 4.19.